The Morgan fingerprint density at radius 2 is 1.57 bits per heavy atom. The van der Waals surface area contributed by atoms with Gasteiger partial charge < -0.3 is 25.5 Å². The van der Waals surface area contributed by atoms with Crippen molar-refractivity contribution in [1.82, 2.24) is 0 Å². The number of phenolic OH excluding ortho intramolecular Hbond substituents is 4. The third-order valence-electron chi connectivity index (χ3n) is 2.76. The summed E-state index contributed by atoms with van der Waals surface area (Å²) in [4.78, 5) is 12.0. The lowest BCUT2D eigenvalue weighted by molar-refractivity contribution is 0.0977. The summed E-state index contributed by atoms with van der Waals surface area (Å²) in [6.07, 6.45) is 1.08. The van der Waals surface area contributed by atoms with Gasteiger partial charge in [0.05, 0.1) is 5.56 Å². The minimum absolute atomic E-state index is 0.176. The van der Waals surface area contributed by atoms with E-state index < -0.39 is 23.0 Å². The minimum Gasteiger partial charge on any atom is -0.508 e. The first-order valence-electron chi connectivity index (χ1n) is 5.88. The Labute approximate surface area is 119 Å². The molecule has 0 heterocycles. The Balaban J connectivity index is 2.33. The van der Waals surface area contributed by atoms with Gasteiger partial charge in [-0.05, 0) is 35.9 Å². The molecule has 0 bridgehead atoms. The van der Waals surface area contributed by atoms with Gasteiger partial charge >= 0.3 is 0 Å². The van der Waals surface area contributed by atoms with Gasteiger partial charge in [0.2, 0.25) is 5.78 Å². The SMILES string of the molecule is O=C(C(O)=Cc1ccc(O)c(O)c1)c1ccc(O)cc1O. The fraction of sp³-hybridized carbons (Fsp3) is 0. The highest BCUT2D eigenvalue weighted by atomic mass is 16.3. The number of aliphatic hydroxyl groups excluding tert-OH is 1. The molecular weight excluding hydrogens is 276 g/mol. The topological polar surface area (TPSA) is 118 Å². The maximum absolute atomic E-state index is 12.0. The summed E-state index contributed by atoms with van der Waals surface area (Å²) in [5, 5.41) is 47.0. The average molecular weight is 288 g/mol. The zero-order chi connectivity index (χ0) is 15.6. The molecule has 0 saturated carbocycles. The molecule has 0 aliphatic heterocycles. The fourth-order valence-corrected chi connectivity index (χ4v) is 1.70. The van der Waals surface area contributed by atoms with Crippen molar-refractivity contribution in [2.45, 2.75) is 0 Å². The van der Waals surface area contributed by atoms with Crippen LogP contribution in [0.1, 0.15) is 15.9 Å². The third-order valence-corrected chi connectivity index (χ3v) is 2.76. The summed E-state index contributed by atoms with van der Waals surface area (Å²) >= 11 is 0. The third kappa shape index (κ3) is 3.06. The first kappa shape index (κ1) is 14.3. The van der Waals surface area contributed by atoms with E-state index in [9.17, 15) is 25.2 Å². The minimum atomic E-state index is -0.847. The number of carbonyl (C=O) groups excluding carboxylic acids is 1. The summed E-state index contributed by atoms with van der Waals surface area (Å²) in [5.74, 6) is -2.91. The number of allylic oxidation sites excluding steroid dienone is 1. The van der Waals surface area contributed by atoms with Crippen LogP contribution in [-0.2, 0) is 0 Å². The van der Waals surface area contributed by atoms with Crippen molar-refractivity contribution in [3.05, 3.63) is 53.3 Å². The van der Waals surface area contributed by atoms with Crippen LogP contribution >= 0.6 is 0 Å². The van der Waals surface area contributed by atoms with Gasteiger partial charge in [0.15, 0.2) is 17.3 Å². The van der Waals surface area contributed by atoms with Crippen LogP contribution in [0, 0.1) is 0 Å². The lowest BCUT2D eigenvalue weighted by Crippen LogP contribution is -2.03. The van der Waals surface area contributed by atoms with Crippen LogP contribution in [0.3, 0.4) is 0 Å². The molecule has 0 fully saturated rings. The molecule has 0 aromatic heterocycles. The van der Waals surface area contributed by atoms with Gasteiger partial charge in [-0.3, -0.25) is 4.79 Å². The number of benzene rings is 2. The molecule has 0 amide bonds. The number of aliphatic hydroxyl groups is 1. The maximum atomic E-state index is 12.0. The second kappa shape index (κ2) is 5.46. The van der Waals surface area contributed by atoms with Crippen molar-refractivity contribution in [2.75, 3.05) is 0 Å². The molecular formula is C15H12O6. The molecule has 0 saturated heterocycles. The van der Waals surface area contributed by atoms with Gasteiger partial charge in [-0.1, -0.05) is 6.07 Å². The van der Waals surface area contributed by atoms with E-state index in [0.717, 1.165) is 18.2 Å². The lowest BCUT2D eigenvalue weighted by Gasteiger charge is -2.04. The molecule has 0 spiro atoms. The molecule has 21 heavy (non-hydrogen) atoms. The smallest absolute Gasteiger partial charge is 0.231 e. The number of hydrogen-bond donors (Lipinski definition) is 5. The van der Waals surface area contributed by atoms with Crippen LogP contribution in [0.25, 0.3) is 6.08 Å². The largest absolute Gasteiger partial charge is 0.508 e. The molecule has 2 rings (SSSR count). The van der Waals surface area contributed by atoms with E-state index >= 15 is 0 Å². The van der Waals surface area contributed by atoms with Crippen molar-refractivity contribution in [3.8, 4) is 23.0 Å². The second-order valence-corrected chi connectivity index (χ2v) is 4.31. The van der Waals surface area contributed by atoms with Gasteiger partial charge in [0, 0.05) is 6.07 Å². The highest BCUT2D eigenvalue weighted by molar-refractivity contribution is 6.11. The van der Waals surface area contributed by atoms with Crippen molar-refractivity contribution >= 4 is 11.9 Å². The van der Waals surface area contributed by atoms with Gasteiger partial charge in [-0.15, -0.1) is 0 Å². The maximum Gasteiger partial charge on any atom is 0.231 e. The Hall–Kier alpha value is -3.15. The first-order chi connectivity index (χ1) is 9.88. The van der Waals surface area contributed by atoms with Crippen LogP contribution < -0.4 is 0 Å². The monoisotopic (exact) mass is 288 g/mol. The number of aromatic hydroxyl groups is 4. The van der Waals surface area contributed by atoms with Crippen LogP contribution in [0.4, 0.5) is 0 Å². The Kier molecular flexibility index (Phi) is 3.71. The first-order valence-corrected chi connectivity index (χ1v) is 5.88. The van der Waals surface area contributed by atoms with Crippen LogP contribution in [0.2, 0.25) is 0 Å². The molecule has 5 N–H and O–H groups in total. The van der Waals surface area contributed by atoms with Crippen molar-refractivity contribution < 1.29 is 30.3 Å². The summed E-state index contributed by atoms with van der Waals surface area (Å²) in [6, 6.07) is 7.10. The van der Waals surface area contributed by atoms with Gasteiger partial charge in [-0.25, -0.2) is 0 Å². The molecule has 6 heteroatoms. The lowest BCUT2D eigenvalue weighted by atomic mass is 10.1. The predicted molar refractivity (Wildman–Crippen MR) is 74.5 cm³/mol. The predicted octanol–water partition coefficient (Wildman–Crippen LogP) is 2.29. The molecule has 0 radical (unpaired) electrons. The standard InChI is InChI=1S/C15H12O6/c16-9-2-3-10(12(18)7-9)15(21)14(20)6-8-1-4-11(17)13(19)5-8/h1-7,16-20H. The molecule has 0 aliphatic rings. The van der Waals surface area contributed by atoms with Crippen LogP contribution in [0.5, 0.6) is 23.0 Å². The van der Waals surface area contributed by atoms with Crippen LogP contribution in [0.15, 0.2) is 42.2 Å². The summed E-state index contributed by atoms with van der Waals surface area (Å²) < 4.78 is 0. The highest BCUT2D eigenvalue weighted by Gasteiger charge is 2.16. The number of phenols is 4. The molecule has 6 nitrogen and oxygen atoms in total. The van der Waals surface area contributed by atoms with E-state index in [1.807, 2.05) is 0 Å². The van der Waals surface area contributed by atoms with E-state index in [0.29, 0.717) is 0 Å². The summed E-state index contributed by atoms with van der Waals surface area (Å²) in [6.45, 7) is 0. The van der Waals surface area contributed by atoms with Crippen molar-refractivity contribution in [1.29, 1.82) is 0 Å². The van der Waals surface area contributed by atoms with Gasteiger partial charge in [0.1, 0.15) is 11.5 Å². The van der Waals surface area contributed by atoms with Gasteiger partial charge in [-0.2, -0.15) is 0 Å². The number of Topliss-reactive ketones (excluding diaryl/α,β-unsaturated/α-hetero) is 1. The van der Waals surface area contributed by atoms with Crippen molar-refractivity contribution in [3.63, 3.8) is 0 Å². The Morgan fingerprint density at radius 1 is 0.857 bits per heavy atom. The molecule has 108 valence electrons. The summed E-state index contributed by atoms with van der Waals surface area (Å²) in [7, 11) is 0. The normalized spacial score (nSPS) is 11.3. The number of hydrogen-bond acceptors (Lipinski definition) is 6. The Bertz CT molecular complexity index is 733. The molecule has 0 aliphatic carbocycles. The average Bonchev–Trinajstić information content (AvgIpc) is 2.42. The quantitative estimate of drug-likeness (QED) is 0.256. The number of ketones is 1. The molecule has 2 aromatic carbocycles. The highest BCUT2D eigenvalue weighted by Crippen LogP contribution is 2.27. The molecule has 2 aromatic rings. The zero-order valence-electron chi connectivity index (χ0n) is 10.7. The van der Waals surface area contributed by atoms with Crippen LogP contribution in [-0.4, -0.2) is 31.3 Å². The van der Waals surface area contributed by atoms with E-state index in [1.165, 1.54) is 24.3 Å². The second-order valence-electron chi connectivity index (χ2n) is 4.31. The van der Waals surface area contributed by atoms with E-state index in [2.05, 4.69) is 0 Å². The van der Waals surface area contributed by atoms with E-state index in [4.69, 9.17) is 5.11 Å². The number of rotatable bonds is 3. The molecule has 0 atom stereocenters. The fourth-order valence-electron chi connectivity index (χ4n) is 1.70. The van der Waals surface area contributed by atoms with E-state index in [1.54, 1.807) is 0 Å². The summed E-state index contributed by atoms with van der Waals surface area (Å²) in [5.41, 5.74) is 0.110. The molecule has 0 unspecified atom stereocenters. The Morgan fingerprint density at radius 3 is 2.19 bits per heavy atom. The van der Waals surface area contributed by atoms with E-state index in [-0.39, 0.29) is 22.6 Å². The van der Waals surface area contributed by atoms with Gasteiger partial charge in [0.25, 0.3) is 0 Å². The number of carbonyl (C=O) groups is 1. The van der Waals surface area contributed by atoms with Crippen molar-refractivity contribution in [2.24, 2.45) is 0 Å². The zero-order valence-corrected chi connectivity index (χ0v) is 10.7.